The molecule has 2 amide bonds. The Morgan fingerprint density at radius 1 is 0.767 bits per heavy atom. The van der Waals surface area contributed by atoms with Crippen LogP contribution in [0, 0.1) is 12.7 Å². The van der Waals surface area contributed by atoms with E-state index in [2.05, 4.69) is 10.9 Å². The highest BCUT2D eigenvalue weighted by atomic mass is 19.1. The lowest BCUT2D eigenvalue weighted by Gasteiger charge is -2.10. The zero-order chi connectivity index (χ0) is 21.3. The molecule has 3 aromatic rings. The molecule has 0 bridgehead atoms. The number of aryl methyl sites for hydroxylation is 1. The van der Waals surface area contributed by atoms with Gasteiger partial charge in [-0.1, -0.05) is 29.8 Å². The van der Waals surface area contributed by atoms with Crippen molar-refractivity contribution in [3.05, 3.63) is 89.7 Å². The largest absolute Gasteiger partial charge is 0.484 e. The molecule has 0 aliphatic heterocycles. The summed E-state index contributed by atoms with van der Waals surface area (Å²) in [7, 11) is 0. The van der Waals surface area contributed by atoms with Crippen molar-refractivity contribution in [2.24, 2.45) is 0 Å². The van der Waals surface area contributed by atoms with Gasteiger partial charge >= 0.3 is 0 Å². The van der Waals surface area contributed by atoms with Crippen molar-refractivity contribution < 1.29 is 23.5 Å². The number of benzene rings is 3. The summed E-state index contributed by atoms with van der Waals surface area (Å²) in [5.41, 5.74) is 6.34. The van der Waals surface area contributed by atoms with Crippen LogP contribution in [0.25, 0.3) is 0 Å². The van der Waals surface area contributed by atoms with Gasteiger partial charge in [-0.15, -0.1) is 0 Å². The number of hydrogen-bond donors (Lipinski definition) is 2. The summed E-state index contributed by atoms with van der Waals surface area (Å²) in [5, 5.41) is 0. The molecular weight excluding hydrogens is 387 g/mol. The third-order valence-corrected chi connectivity index (χ3v) is 4.07. The van der Waals surface area contributed by atoms with Crippen molar-refractivity contribution in [2.45, 2.75) is 13.3 Å². The second kappa shape index (κ2) is 10.1. The monoisotopic (exact) mass is 408 g/mol. The zero-order valence-electron chi connectivity index (χ0n) is 16.4. The molecular formula is C23H21FN2O4. The van der Waals surface area contributed by atoms with E-state index < -0.39 is 11.8 Å². The van der Waals surface area contributed by atoms with E-state index in [0.29, 0.717) is 17.1 Å². The molecule has 0 fully saturated rings. The first-order valence-corrected chi connectivity index (χ1v) is 9.27. The van der Waals surface area contributed by atoms with Crippen LogP contribution in [0.4, 0.5) is 4.39 Å². The molecule has 0 aliphatic rings. The van der Waals surface area contributed by atoms with Gasteiger partial charge in [0.25, 0.3) is 5.91 Å². The number of ether oxygens (including phenoxy) is 2. The molecule has 0 saturated heterocycles. The second-order valence-corrected chi connectivity index (χ2v) is 6.57. The van der Waals surface area contributed by atoms with E-state index in [4.69, 9.17) is 9.47 Å². The number of amides is 2. The van der Waals surface area contributed by atoms with Gasteiger partial charge in [-0.05, 0) is 61.0 Å². The van der Waals surface area contributed by atoms with Gasteiger partial charge in [-0.2, -0.15) is 0 Å². The number of nitrogens with one attached hydrogen (secondary N) is 2. The van der Waals surface area contributed by atoms with Crippen LogP contribution < -0.4 is 20.3 Å². The average Bonchev–Trinajstić information content (AvgIpc) is 2.75. The lowest BCUT2D eigenvalue weighted by atomic mass is 10.1. The first-order valence-electron chi connectivity index (χ1n) is 9.27. The number of hydrazine groups is 1. The Hall–Kier alpha value is -3.87. The molecule has 6 nitrogen and oxygen atoms in total. The first kappa shape index (κ1) is 20.9. The SMILES string of the molecule is Cc1ccc(Oc2ccc(OCC(=O)NNC(=O)Cc3ccc(F)cc3)cc2)cc1. The van der Waals surface area contributed by atoms with E-state index in [-0.39, 0.29) is 18.8 Å². The second-order valence-electron chi connectivity index (χ2n) is 6.57. The molecule has 0 aliphatic carbocycles. The minimum atomic E-state index is -0.512. The van der Waals surface area contributed by atoms with Crippen LogP contribution in [0.2, 0.25) is 0 Å². The first-order chi connectivity index (χ1) is 14.5. The smallest absolute Gasteiger partial charge is 0.276 e. The molecule has 7 heteroatoms. The average molecular weight is 408 g/mol. The predicted octanol–water partition coefficient (Wildman–Crippen LogP) is 3.70. The molecule has 0 aromatic heterocycles. The van der Waals surface area contributed by atoms with Crippen molar-refractivity contribution in [3.8, 4) is 17.2 Å². The van der Waals surface area contributed by atoms with Crippen molar-refractivity contribution in [3.63, 3.8) is 0 Å². The van der Waals surface area contributed by atoms with Crippen LogP contribution in [0.15, 0.2) is 72.8 Å². The molecule has 3 aromatic carbocycles. The summed E-state index contributed by atoms with van der Waals surface area (Å²) in [5.74, 6) is 0.544. The summed E-state index contributed by atoms with van der Waals surface area (Å²) in [6.07, 6.45) is 0.0177. The van der Waals surface area contributed by atoms with Crippen LogP contribution in [-0.4, -0.2) is 18.4 Å². The zero-order valence-corrected chi connectivity index (χ0v) is 16.4. The van der Waals surface area contributed by atoms with Gasteiger partial charge in [0, 0.05) is 0 Å². The van der Waals surface area contributed by atoms with Crippen molar-refractivity contribution in [2.75, 3.05) is 6.61 Å². The third-order valence-electron chi connectivity index (χ3n) is 4.07. The van der Waals surface area contributed by atoms with Crippen molar-refractivity contribution in [1.82, 2.24) is 10.9 Å². The Morgan fingerprint density at radius 2 is 1.30 bits per heavy atom. The van der Waals surface area contributed by atoms with E-state index in [1.54, 1.807) is 24.3 Å². The molecule has 3 rings (SSSR count). The summed E-state index contributed by atoms with van der Waals surface area (Å²) >= 11 is 0. The fourth-order valence-electron chi connectivity index (χ4n) is 2.50. The minimum Gasteiger partial charge on any atom is -0.484 e. The van der Waals surface area contributed by atoms with E-state index in [1.807, 2.05) is 31.2 Å². The Labute approximate surface area is 173 Å². The fraction of sp³-hybridized carbons (Fsp3) is 0.130. The van der Waals surface area contributed by atoms with E-state index in [0.717, 1.165) is 11.3 Å². The van der Waals surface area contributed by atoms with Gasteiger partial charge in [-0.3, -0.25) is 20.4 Å². The molecule has 0 unspecified atom stereocenters. The molecule has 0 saturated carbocycles. The van der Waals surface area contributed by atoms with E-state index in [1.165, 1.54) is 24.3 Å². The summed E-state index contributed by atoms with van der Waals surface area (Å²) < 4.78 is 24.0. The van der Waals surface area contributed by atoms with E-state index in [9.17, 15) is 14.0 Å². The van der Waals surface area contributed by atoms with Gasteiger partial charge in [-0.25, -0.2) is 4.39 Å². The lowest BCUT2D eigenvalue weighted by Crippen LogP contribution is -2.44. The molecule has 0 radical (unpaired) electrons. The number of carbonyl (C=O) groups is 2. The third kappa shape index (κ3) is 6.63. The maximum Gasteiger partial charge on any atom is 0.276 e. The number of halogens is 1. The normalized spacial score (nSPS) is 10.2. The van der Waals surface area contributed by atoms with Gasteiger partial charge < -0.3 is 9.47 Å². The quantitative estimate of drug-likeness (QED) is 0.585. The molecule has 0 atom stereocenters. The molecule has 0 spiro atoms. The number of rotatable bonds is 7. The van der Waals surface area contributed by atoms with Gasteiger partial charge in [0.05, 0.1) is 6.42 Å². The lowest BCUT2D eigenvalue weighted by molar-refractivity contribution is -0.129. The van der Waals surface area contributed by atoms with Gasteiger partial charge in [0.2, 0.25) is 5.91 Å². The molecule has 2 N–H and O–H groups in total. The summed E-state index contributed by atoms with van der Waals surface area (Å²) in [4.78, 5) is 23.6. The maximum absolute atomic E-state index is 12.9. The Kier molecular flexibility index (Phi) is 7.00. The maximum atomic E-state index is 12.9. The summed E-state index contributed by atoms with van der Waals surface area (Å²) in [6.45, 7) is 1.73. The van der Waals surface area contributed by atoms with Crippen LogP contribution >= 0.6 is 0 Å². The Balaban J connectivity index is 1.39. The fourth-order valence-corrected chi connectivity index (χ4v) is 2.50. The highest BCUT2D eigenvalue weighted by Crippen LogP contribution is 2.24. The summed E-state index contributed by atoms with van der Waals surface area (Å²) in [6, 6.07) is 20.1. The van der Waals surface area contributed by atoms with Crippen molar-refractivity contribution in [1.29, 1.82) is 0 Å². The predicted molar refractivity (Wildman–Crippen MR) is 110 cm³/mol. The molecule has 154 valence electrons. The van der Waals surface area contributed by atoms with Crippen molar-refractivity contribution >= 4 is 11.8 Å². The number of carbonyl (C=O) groups excluding carboxylic acids is 2. The Bertz CT molecular complexity index is 987. The van der Waals surface area contributed by atoms with Gasteiger partial charge in [0.1, 0.15) is 23.1 Å². The molecule has 30 heavy (non-hydrogen) atoms. The van der Waals surface area contributed by atoms with Crippen LogP contribution in [0.1, 0.15) is 11.1 Å². The van der Waals surface area contributed by atoms with Crippen LogP contribution in [0.5, 0.6) is 17.2 Å². The Morgan fingerprint density at radius 3 is 1.93 bits per heavy atom. The number of hydrogen-bond acceptors (Lipinski definition) is 4. The van der Waals surface area contributed by atoms with Gasteiger partial charge in [0.15, 0.2) is 6.61 Å². The highest BCUT2D eigenvalue weighted by molar-refractivity contribution is 5.83. The minimum absolute atomic E-state index is 0.0177. The highest BCUT2D eigenvalue weighted by Gasteiger charge is 2.07. The van der Waals surface area contributed by atoms with Crippen LogP contribution in [-0.2, 0) is 16.0 Å². The van der Waals surface area contributed by atoms with Crippen LogP contribution in [0.3, 0.4) is 0 Å². The standard InChI is InChI=1S/C23H21FN2O4/c1-16-2-8-20(9-3-16)30-21-12-10-19(11-13-21)29-15-23(28)26-25-22(27)14-17-4-6-18(24)7-5-17/h2-13H,14-15H2,1H3,(H,25,27)(H,26,28). The molecule has 0 heterocycles. The van der Waals surface area contributed by atoms with E-state index >= 15 is 0 Å². The topological polar surface area (TPSA) is 76.7 Å².